The van der Waals surface area contributed by atoms with Gasteiger partial charge in [-0.05, 0) is 72.3 Å². The number of nitrogens with two attached hydrogens (primary N) is 2. The van der Waals surface area contributed by atoms with Gasteiger partial charge in [0, 0.05) is 16.7 Å². The summed E-state index contributed by atoms with van der Waals surface area (Å²) >= 11 is 16.5. The van der Waals surface area contributed by atoms with Crippen molar-refractivity contribution >= 4 is 65.9 Å². The Morgan fingerprint density at radius 3 is 1.51 bits per heavy atom. The van der Waals surface area contributed by atoms with Gasteiger partial charge in [0.1, 0.15) is 15.5 Å². The Balaban J connectivity index is 0.000000269. The van der Waals surface area contributed by atoms with Crippen LogP contribution in [0.4, 0.5) is 0 Å². The van der Waals surface area contributed by atoms with Gasteiger partial charge in [-0.3, -0.25) is 9.59 Å². The Kier molecular flexibility index (Phi) is 9.42. The Labute approximate surface area is 216 Å². The summed E-state index contributed by atoms with van der Waals surface area (Å²) in [6.07, 6.45) is 0. The lowest BCUT2D eigenvalue weighted by Crippen LogP contribution is -2.14. The predicted molar refractivity (Wildman–Crippen MR) is 132 cm³/mol. The molecule has 0 spiro atoms. The number of halogens is 3. The van der Waals surface area contributed by atoms with Crippen LogP contribution in [0.5, 0.6) is 5.75 Å². The van der Waals surface area contributed by atoms with E-state index in [0.717, 1.165) is 6.07 Å². The molecular weight excluding hydrogens is 563 g/mol. The van der Waals surface area contributed by atoms with Crippen LogP contribution in [0.1, 0.15) is 26.3 Å². The maximum Gasteiger partial charge on any atom is 0.252 e. The highest BCUT2D eigenvalue weighted by Crippen LogP contribution is 2.24. The van der Waals surface area contributed by atoms with Gasteiger partial charge in [0.2, 0.25) is 20.0 Å². The van der Waals surface area contributed by atoms with Crippen LogP contribution in [0.15, 0.2) is 70.5 Å². The maximum atomic E-state index is 12.3. The molecule has 3 rings (SSSR count). The molecule has 3 aromatic rings. The summed E-state index contributed by atoms with van der Waals surface area (Å²) in [5.41, 5.74) is 0.618. The van der Waals surface area contributed by atoms with E-state index in [0.29, 0.717) is 11.3 Å². The minimum atomic E-state index is -3.99. The van der Waals surface area contributed by atoms with Crippen LogP contribution in [-0.4, -0.2) is 35.0 Å². The molecule has 0 radical (unpaired) electrons. The van der Waals surface area contributed by atoms with E-state index in [-0.39, 0.29) is 36.7 Å². The molecule has 0 aromatic heterocycles. The van der Waals surface area contributed by atoms with Crippen LogP contribution in [0.25, 0.3) is 0 Å². The van der Waals surface area contributed by atoms with Gasteiger partial charge in [0.15, 0.2) is 5.78 Å². The Morgan fingerprint density at radius 1 is 0.714 bits per heavy atom. The standard InChI is InChI=1S/C14H12ClNO4S.C7H5Cl2NO3S/c1-20-11-5-2-9(3-6-11)14(17)10-4-7-12(15)13(8-10)21(16,18)19;8-5-2-1-4(7(9)11)3-6(5)14(10,12)13/h2-8H,1H3,(H2,16,18,19);1-3H,(H2,10,12,13). The molecule has 0 saturated heterocycles. The van der Waals surface area contributed by atoms with E-state index in [9.17, 15) is 26.4 Å². The second-order valence-corrected chi connectivity index (χ2v) is 10.9. The largest absolute Gasteiger partial charge is 0.497 e. The first kappa shape index (κ1) is 28.7. The van der Waals surface area contributed by atoms with Crippen molar-refractivity contribution in [2.24, 2.45) is 10.3 Å². The number of hydrogen-bond acceptors (Lipinski definition) is 7. The van der Waals surface area contributed by atoms with Crippen LogP contribution in [0, 0.1) is 0 Å². The molecule has 0 heterocycles. The van der Waals surface area contributed by atoms with Crippen LogP contribution in [-0.2, 0) is 20.0 Å². The van der Waals surface area contributed by atoms with Crippen LogP contribution >= 0.6 is 34.8 Å². The molecular formula is C21H17Cl3N2O7S2. The van der Waals surface area contributed by atoms with E-state index < -0.39 is 25.3 Å². The summed E-state index contributed by atoms with van der Waals surface area (Å²) in [6.45, 7) is 0. The van der Waals surface area contributed by atoms with Crippen molar-refractivity contribution < 1.29 is 31.2 Å². The first-order valence-corrected chi connectivity index (χ1v) is 13.4. The average Bonchev–Trinajstić information content (AvgIpc) is 2.78. The number of rotatable bonds is 6. The third kappa shape index (κ3) is 7.74. The summed E-state index contributed by atoms with van der Waals surface area (Å²) in [5.74, 6) is 0.284. The second kappa shape index (κ2) is 11.5. The molecule has 186 valence electrons. The van der Waals surface area contributed by atoms with Crippen LogP contribution in [0.3, 0.4) is 0 Å². The van der Waals surface area contributed by atoms with Crippen molar-refractivity contribution in [3.8, 4) is 5.75 Å². The van der Waals surface area contributed by atoms with Crippen molar-refractivity contribution in [2.45, 2.75) is 9.79 Å². The number of sulfonamides is 2. The first-order chi connectivity index (χ1) is 16.1. The van der Waals surface area contributed by atoms with Crippen molar-refractivity contribution in [1.82, 2.24) is 0 Å². The molecule has 9 nitrogen and oxygen atoms in total. The fourth-order valence-electron chi connectivity index (χ4n) is 2.62. The fraction of sp³-hybridized carbons (Fsp3) is 0.0476. The van der Waals surface area contributed by atoms with E-state index in [1.807, 2.05) is 0 Å². The molecule has 3 aromatic carbocycles. The number of ether oxygens (including phenoxy) is 1. The third-order valence-corrected chi connectivity index (χ3v) is 7.32. The monoisotopic (exact) mass is 578 g/mol. The van der Waals surface area contributed by atoms with E-state index in [1.165, 1.54) is 37.4 Å². The number of carbonyl (C=O) groups excluding carboxylic acids is 2. The smallest absolute Gasteiger partial charge is 0.252 e. The second-order valence-electron chi connectivity index (χ2n) is 6.71. The summed E-state index contributed by atoms with van der Waals surface area (Å²) in [5, 5.41) is 9.08. The number of primary sulfonamides is 2. The summed E-state index contributed by atoms with van der Waals surface area (Å²) in [6, 6.07) is 14.0. The summed E-state index contributed by atoms with van der Waals surface area (Å²) in [7, 11) is -6.40. The van der Waals surface area contributed by atoms with Crippen LogP contribution < -0.4 is 15.0 Å². The number of ketones is 1. The van der Waals surface area contributed by atoms with Crippen molar-refractivity contribution in [3.63, 3.8) is 0 Å². The fourth-order valence-corrected chi connectivity index (χ4v) is 4.88. The molecule has 0 fully saturated rings. The molecule has 14 heteroatoms. The minimum absolute atomic E-state index is 0.0243. The van der Waals surface area contributed by atoms with Gasteiger partial charge in [-0.1, -0.05) is 23.2 Å². The van der Waals surface area contributed by atoms with E-state index in [4.69, 9.17) is 49.8 Å². The van der Waals surface area contributed by atoms with E-state index >= 15 is 0 Å². The van der Waals surface area contributed by atoms with E-state index in [2.05, 4.69) is 0 Å². The summed E-state index contributed by atoms with van der Waals surface area (Å²) in [4.78, 5) is 22.5. The third-order valence-electron chi connectivity index (χ3n) is 4.32. The normalized spacial score (nSPS) is 11.3. The molecule has 0 amide bonds. The topological polar surface area (TPSA) is 164 Å². The van der Waals surface area contributed by atoms with Crippen molar-refractivity contribution in [3.05, 3.63) is 87.4 Å². The molecule has 0 aliphatic heterocycles. The van der Waals surface area contributed by atoms with Crippen LogP contribution in [0.2, 0.25) is 10.0 Å². The summed E-state index contributed by atoms with van der Waals surface area (Å²) < 4.78 is 49.8. The van der Waals surface area contributed by atoms with Gasteiger partial charge in [-0.15, -0.1) is 0 Å². The average molecular weight is 580 g/mol. The molecule has 0 saturated carbocycles. The van der Waals surface area contributed by atoms with Gasteiger partial charge in [0.05, 0.1) is 17.2 Å². The first-order valence-electron chi connectivity index (χ1n) is 9.18. The Morgan fingerprint density at radius 2 is 1.11 bits per heavy atom. The predicted octanol–water partition coefficient (Wildman–Crippen LogP) is 3.59. The van der Waals surface area contributed by atoms with Gasteiger partial charge in [0.25, 0.3) is 5.24 Å². The highest BCUT2D eigenvalue weighted by molar-refractivity contribution is 7.89. The van der Waals surface area contributed by atoms with Crippen molar-refractivity contribution in [1.29, 1.82) is 0 Å². The number of hydrogen-bond donors (Lipinski definition) is 2. The Bertz CT molecular complexity index is 1490. The van der Waals surface area contributed by atoms with Gasteiger partial charge >= 0.3 is 0 Å². The zero-order valence-corrected chi connectivity index (χ0v) is 21.6. The Hall–Kier alpha value is -2.51. The SMILES string of the molecule is COc1ccc(C(=O)c2ccc(Cl)c(S(N)(=O)=O)c2)cc1.NS(=O)(=O)c1cc(C(=O)Cl)ccc1Cl. The van der Waals surface area contributed by atoms with Crippen molar-refractivity contribution in [2.75, 3.05) is 7.11 Å². The quantitative estimate of drug-likeness (QED) is 0.333. The van der Waals surface area contributed by atoms with Gasteiger partial charge in [-0.2, -0.15) is 0 Å². The molecule has 0 bridgehead atoms. The zero-order valence-electron chi connectivity index (χ0n) is 17.7. The lowest BCUT2D eigenvalue weighted by Gasteiger charge is -2.06. The van der Waals surface area contributed by atoms with E-state index in [1.54, 1.807) is 24.3 Å². The molecule has 0 atom stereocenters. The highest BCUT2D eigenvalue weighted by atomic mass is 35.5. The zero-order chi connectivity index (χ0) is 26.6. The molecule has 4 N–H and O–H groups in total. The molecule has 0 aliphatic carbocycles. The molecule has 0 unspecified atom stereocenters. The molecule has 0 aliphatic rings. The number of carbonyl (C=O) groups is 2. The maximum absolute atomic E-state index is 12.3. The number of benzene rings is 3. The number of methoxy groups -OCH3 is 1. The minimum Gasteiger partial charge on any atom is -0.497 e. The van der Waals surface area contributed by atoms with Gasteiger partial charge < -0.3 is 4.74 Å². The molecule has 35 heavy (non-hydrogen) atoms. The highest BCUT2D eigenvalue weighted by Gasteiger charge is 2.17. The lowest BCUT2D eigenvalue weighted by molar-refractivity contribution is 0.103. The lowest BCUT2D eigenvalue weighted by atomic mass is 10.0. The van der Waals surface area contributed by atoms with Gasteiger partial charge in [-0.25, -0.2) is 27.1 Å².